The maximum atomic E-state index is 12.2. The van der Waals surface area contributed by atoms with E-state index in [-0.39, 0.29) is 18.3 Å². The number of pyridine rings is 1. The number of carbonyl (C=O) groups is 1. The molecule has 25 heavy (non-hydrogen) atoms. The summed E-state index contributed by atoms with van der Waals surface area (Å²) < 4.78 is 8.74. The lowest BCUT2D eigenvalue weighted by atomic mass is 10.3. The van der Waals surface area contributed by atoms with E-state index in [0.717, 1.165) is 8.95 Å². The van der Waals surface area contributed by atoms with E-state index in [0.29, 0.717) is 16.6 Å². The molecular weight excluding hydrogens is 475 g/mol. The van der Waals surface area contributed by atoms with Crippen molar-refractivity contribution in [3.05, 3.63) is 68.5 Å². The van der Waals surface area contributed by atoms with E-state index in [9.17, 15) is 4.79 Å². The number of benzene rings is 1. The van der Waals surface area contributed by atoms with Crippen molar-refractivity contribution < 1.29 is 9.53 Å². The molecule has 0 spiro atoms. The molecule has 0 saturated carbocycles. The van der Waals surface area contributed by atoms with E-state index in [1.54, 1.807) is 48.8 Å². The van der Waals surface area contributed by atoms with Gasteiger partial charge in [0.15, 0.2) is 12.4 Å². The van der Waals surface area contributed by atoms with Crippen LogP contribution in [0.25, 0.3) is 0 Å². The minimum absolute atomic E-state index is 0.157. The molecule has 1 amide bonds. The minimum Gasteiger partial charge on any atom is -0.470 e. The number of nitrogens with zero attached hydrogens (tertiary/aromatic N) is 3. The lowest BCUT2D eigenvalue weighted by Crippen LogP contribution is -2.15. The maximum absolute atomic E-state index is 12.2. The van der Waals surface area contributed by atoms with Crippen LogP contribution < -0.4 is 10.1 Å². The Hall–Kier alpha value is -1.90. The topological polar surface area (TPSA) is 69.0 Å². The second-order valence-electron chi connectivity index (χ2n) is 4.90. The standard InChI is InChI=1S/C16H11Br2ClN4O2/c17-10-1-4-15(20-8-10)21-16(24)13-5-6-23(22-13)9-25-14-3-2-11(19)7-12(14)18/h1-8H,9H2,(H,20,21,24). The summed E-state index contributed by atoms with van der Waals surface area (Å²) in [5, 5.41) is 7.48. The third-order valence-electron chi connectivity index (χ3n) is 3.09. The normalized spacial score (nSPS) is 10.5. The molecule has 0 aliphatic heterocycles. The van der Waals surface area contributed by atoms with Crippen LogP contribution >= 0.6 is 43.5 Å². The average Bonchev–Trinajstić information content (AvgIpc) is 3.05. The van der Waals surface area contributed by atoms with E-state index < -0.39 is 0 Å². The van der Waals surface area contributed by atoms with E-state index in [1.165, 1.54) is 4.68 Å². The quantitative estimate of drug-likeness (QED) is 0.565. The van der Waals surface area contributed by atoms with Crippen LogP contribution in [0.5, 0.6) is 5.75 Å². The number of nitrogens with one attached hydrogen (secondary N) is 1. The number of ether oxygens (including phenoxy) is 1. The fraction of sp³-hybridized carbons (Fsp3) is 0.0625. The summed E-state index contributed by atoms with van der Waals surface area (Å²) in [7, 11) is 0. The highest BCUT2D eigenvalue weighted by molar-refractivity contribution is 9.10. The first-order chi connectivity index (χ1) is 12.0. The highest BCUT2D eigenvalue weighted by Gasteiger charge is 2.11. The third-order valence-corrected chi connectivity index (χ3v) is 4.41. The first kappa shape index (κ1) is 17.9. The third kappa shape index (κ3) is 4.81. The van der Waals surface area contributed by atoms with Crippen molar-refractivity contribution in [1.29, 1.82) is 0 Å². The van der Waals surface area contributed by atoms with Gasteiger partial charge in [-0.05, 0) is 68.3 Å². The van der Waals surface area contributed by atoms with Crippen molar-refractivity contribution in [3.8, 4) is 5.75 Å². The summed E-state index contributed by atoms with van der Waals surface area (Å²) in [5.41, 5.74) is 0.267. The van der Waals surface area contributed by atoms with Gasteiger partial charge in [-0.15, -0.1) is 0 Å². The summed E-state index contributed by atoms with van der Waals surface area (Å²) >= 11 is 12.6. The Morgan fingerprint density at radius 2 is 2.08 bits per heavy atom. The van der Waals surface area contributed by atoms with E-state index in [4.69, 9.17) is 16.3 Å². The van der Waals surface area contributed by atoms with Crippen molar-refractivity contribution in [2.75, 3.05) is 5.32 Å². The van der Waals surface area contributed by atoms with Gasteiger partial charge in [0.1, 0.15) is 11.6 Å². The molecule has 2 aromatic heterocycles. The average molecular weight is 487 g/mol. The lowest BCUT2D eigenvalue weighted by molar-refractivity contribution is 0.102. The van der Waals surface area contributed by atoms with Crippen molar-refractivity contribution in [2.24, 2.45) is 0 Å². The molecule has 0 aliphatic carbocycles. The molecule has 0 saturated heterocycles. The Balaban J connectivity index is 1.61. The Morgan fingerprint density at radius 1 is 1.24 bits per heavy atom. The van der Waals surface area contributed by atoms with E-state index >= 15 is 0 Å². The zero-order chi connectivity index (χ0) is 17.8. The molecule has 0 bridgehead atoms. The molecule has 0 radical (unpaired) electrons. The van der Waals surface area contributed by atoms with E-state index in [1.807, 2.05) is 0 Å². The Labute approximate surface area is 165 Å². The molecule has 3 aromatic rings. The molecule has 2 heterocycles. The zero-order valence-corrected chi connectivity index (χ0v) is 16.5. The Morgan fingerprint density at radius 3 is 2.80 bits per heavy atom. The SMILES string of the molecule is O=C(Nc1ccc(Br)cn1)c1ccn(COc2ccc(Cl)cc2Br)n1. The van der Waals surface area contributed by atoms with Gasteiger partial charge in [0.2, 0.25) is 0 Å². The Bertz CT molecular complexity index is 899. The van der Waals surface area contributed by atoms with Gasteiger partial charge >= 0.3 is 0 Å². The smallest absolute Gasteiger partial charge is 0.277 e. The number of halogens is 3. The molecule has 0 aliphatic rings. The fourth-order valence-corrected chi connectivity index (χ4v) is 2.94. The molecule has 6 nitrogen and oxygen atoms in total. The number of hydrogen-bond donors (Lipinski definition) is 1. The summed E-state index contributed by atoms with van der Waals surface area (Å²) in [4.78, 5) is 16.3. The number of amides is 1. The van der Waals surface area contributed by atoms with E-state index in [2.05, 4.69) is 47.3 Å². The first-order valence-electron chi connectivity index (χ1n) is 7.05. The summed E-state index contributed by atoms with van der Waals surface area (Å²) in [5.74, 6) is 0.732. The molecule has 128 valence electrons. The number of hydrogen-bond acceptors (Lipinski definition) is 4. The van der Waals surface area contributed by atoms with Gasteiger partial charge in [-0.2, -0.15) is 5.10 Å². The summed E-state index contributed by atoms with van der Waals surface area (Å²) in [6.07, 6.45) is 3.26. The van der Waals surface area contributed by atoms with Gasteiger partial charge in [-0.25, -0.2) is 9.67 Å². The van der Waals surface area contributed by atoms with Crippen LogP contribution in [0.1, 0.15) is 10.5 Å². The van der Waals surface area contributed by atoms with Crippen LogP contribution in [0.2, 0.25) is 5.02 Å². The van der Waals surface area contributed by atoms with Crippen molar-refractivity contribution in [1.82, 2.24) is 14.8 Å². The number of aromatic nitrogens is 3. The fourth-order valence-electron chi connectivity index (χ4n) is 1.91. The lowest BCUT2D eigenvalue weighted by Gasteiger charge is -2.08. The highest BCUT2D eigenvalue weighted by atomic mass is 79.9. The minimum atomic E-state index is -0.346. The number of anilines is 1. The zero-order valence-electron chi connectivity index (χ0n) is 12.6. The van der Waals surface area contributed by atoms with Gasteiger partial charge in [0.25, 0.3) is 5.91 Å². The summed E-state index contributed by atoms with van der Waals surface area (Å²) in [6.45, 7) is 0.157. The van der Waals surface area contributed by atoms with Crippen LogP contribution in [0.3, 0.4) is 0 Å². The molecule has 9 heteroatoms. The van der Waals surface area contributed by atoms with Crippen LogP contribution in [0.15, 0.2) is 57.7 Å². The predicted octanol–water partition coefficient (Wildman–Crippen LogP) is 4.75. The largest absolute Gasteiger partial charge is 0.470 e. The monoisotopic (exact) mass is 484 g/mol. The van der Waals surface area contributed by atoms with Crippen molar-refractivity contribution in [3.63, 3.8) is 0 Å². The first-order valence-corrected chi connectivity index (χ1v) is 9.02. The maximum Gasteiger partial charge on any atom is 0.277 e. The van der Waals surface area contributed by atoms with Gasteiger partial charge in [0, 0.05) is 21.9 Å². The molecular formula is C16H11Br2ClN4O2. The molecule has 0 atom stereocenters. The number of rotatable bonds is 5. The van der Waals surface area contributed by atoms with Gasteiger partial charge in [0.05, 0.1) is 4.47 Å². The number of carbonyl (C=O) groups excluding carboxylic acids is 1. The predicted molar refractivity (Wildman–Crippen MR) is 102 cm³/mol. The van der Waals surface area contributed by atoms with Gasteiger partial charge in [-0.3, -0.25) is 4.79 Å². The molecule has 0 unspecified atom stereocenters. The van der Waals surface area contributed by atoms with Gasteiger partial charge < -0.3 is 10.1 Å². The molecule has 0 fully saturated rings. The summed E-state index contributed by atoms with van der Waals surface area (Å²) in [6, 6.07) is 10.3. The molecule has 3 rings (SSSR count). The van der Waals surface area contributed by atoms with Crippen LogP contribution in [-0.2, 0) is 6.73 Å². The van der Waals surface area contributed by atoms with Crippen LogP contribution in [-0.4, -0.2) is 20.7 Å². The second kappa shape index (κ2) is 7.99. The van der Waals surface area contributed by atoms with Crippen molar-refractivity contribution in [2.45, 2.75) is 6.73 Å². The van der Waals surface area contributed by atoms with Crippen molar-refractivity contribution >= 4 is 55.2 Å². The van der Waals surface area contributed by atoms with Crippen LogP contribution in [0, 0.1) is 0 Å². The molecule has 1 aromatic carbocycles. The van der Waals surface area contributed by atoms with Gasteiger partial charge in [-0.1, -0.05) is 11.6 Å². The highest BCUT2D eigenvalue weighted by Crippen LogP contribution is 2.28. The Kier molecular flexibility index (Phi) is 5.72. The second-order valence-corrected chi connectivity index (χ2v) is 7.11. The molecule has 1 N–H and O–H groups in total. The van der Waals surface area contributed by atoms with Crippen LogP contribution in [0.4, 0.5) is 5.82 Å².